The highest BCUT2D eigenvalue weighted by atomic mass is 16.1. The second kappa shape index (κ2) is 17.5. The smallest absolute Gasteiger partial charge is 0.250 e. The summed E-state index contributed by atoms with van der Waals surface area (Å²) in [4.78, 5) is 28.5. The topological polar surface area (TPSA) is 88.3 Å². The van der Waals surface area contributed by atoms with Crippen LogP contribution in [0.25, 0.3) is 0 Å². The molecule has 1 aliphatic heterocycles. The molecule has 2 aromatic rings. The molecule has 6 heteroatoms. The molecule has 0 aliphatic carbocycles. The molecule has 204 valence electrons. The zero-order valence-corrected chi connectivity index (χ0v) is 23.9. The molecular weight excluding hydrogens is 460 g/mol. The van der Waals surface area contributed by atoms with Gasteiger partial charge in [0.15, 0.2) is 0 Å². The summed E-state index contributed by atoms with van der Waals surface area (Å²) in [5.74, 6) is -0.478. The summed E-state index contributed by atoms with van der Waals surface area (Å²) in [6, 6.07) is 11.0. The molecule has 0 bridgehead atoms. The van der Waals surface area contributed by atoms with Crippen LogP contribution in [0, 0.1) is 27.7 Å². The van der Waals surface area contributed by atoms with Crippen LogP contribution in [-0.4, -0.2) is 47.4 Å². The van der Waals surface area contributed by atoms with Gasteiger partial charge in [-0.25, -0.2) is 0 Å². The maximum atomic E-state index is 10.9. The van der Waals surface area contributed by atoms with E-state index in [1.807, 2.05) is 13.8 Å². The van der Waals surface area contributed by atoms with Crippen LogP contribution in [0.5, 0.6) is 0 Å². The summed E-state index contributed by atoms with van der Waals surface area (Å²) >= 11 is 0. The summed E-state index contributed by atoms with van der Waals surface area (Å²) in [5, 5.41) is 2.86. The summed E-state index contributed by atoms with van der Waals surface area (Å²) in [5.41, 5.74) is 11.1. The summed E-state index contributed by atoms with van der Waals surface area (Å²) in [6.07, 6.45) is 8.47. The molecule has 1 aromatic carbocycles. The third kappa shape index (κ3) is 12.7. The Hall–Kier alpha value is -2.99. The summed E-state index contributed by atoms with van der Waals surface area (Å²) in [6.45, 7) is 19.2. The molecule has 6 nitrogen and oxygen atoms in total. The SMILES string of the molecule is C=CC(=O)NC(CC)CCC.Cc1cc(C(N)=O)c(C)nc1C.Cc1ccc(CCN2CCCC2)cc1. The number of amides is 2. The first kappa shape index (κ1) is 32.0. The number of nitrogens with two attached hydrogens (primary N) is 1. The van der Waals surface area contributed by atoms with Gasteiger partial charge in [0.05, 0.1) is 11.3 Å². The minimum absolute atomic E-state index is 0.0645. The van der Waals surface area contributed by atoms with Gasteiger partial charge in [-0.1, -0.05) is 56.7 Å². The van der Waals surface area contributed by atoms with Crippen LogP contribution in [0.3, 0.4) is 0 Å². The van der Waals surface area contributed by atoms with Gasteiger partial charge in [-0.3, -0.25) is 14.6 Å². The number of nitrogens with zero attached hydrogens (tertiary/aromatic N) is 2. The molecule has 1 unspecified atom stereocenters. The second-order valence-corrected chi connectivity index (χ2v) is 9.78. The van der Waals surface area contributed by atoms with Crippen molar-refractivity contribution in [2.45, 2.75) is 86.1 Å². The van der Waals surface area contributed by atoms with E-state index in [-0.39, 0.29) is 5.91 Å². The Morgan fingerprint density at radius 1 is 1.08 bits per heavy atom. The molecule has 1 saturated heterocycles. The molecule has 3 rings (SSSR count). The molecule has 0 radical (unpaired) electrons. The molecule has 2 amide bonds. The van der Waals surface area contributed by atoms with Crippen molar-refractivity contribution in [2.75, 3.05) is 19.6 Å². The minimum Gasteiger partial charge on any atom is -0.366 e. The zero-order chi connectivity index (χ0) is 27.8. The molecule has 0 saturated carbocycles. The van der Waals surface area contributed by atoms with Crippen LogP contribution in [0.2, 0.25) is 0 Å². The highest BCUT2D eigenvalue weighted by Gasteiger charge is 2.10. The van der Waals surface area contributed by atoms with Gasteiger partial charge in [-0.05, 0) is 96.2 Å². The number of aromatic nitrogens is 1. The number of hydrogen-bond acceptors (Lipinski definition) is 4. The van der Waals surface area contributed by atoms with Crippen molar-refractivity contribution < 1.29 is 9.59 Å². The van der Waals surface area contributed by atoms with Crippen LogP contribution in [0.4, 0.5) is 0 Å². The van der Waals surface area contributed by atoms with Gasteiger partial charge in [0.25, 0.3) is 5.91 Å². The lowest BCUT2D eigenvalue weighted by molar-refractivity contribution is -0.117. The van der Waals surface area contributed by atoms with Crippen molar-refractivity contribution in [1.29, 1.82) is 0 Å². The molecule has 1 aliphatic rings. The Morgan fingerprint density at radius 3 is 2.22 bits per heavy atom. The number of rotatable bonds is 9. The van der Waals surface area contributed by atoms with Gasteiger partial charge in [-0.2, -0.15) is 0 Å². The highest BCUT2D eigenvalue weighted by molar-refractivity contribution is 5.94. The van der Waals surface area contributed by atoms with Crippen LogP contribution in [-0.2, 0) is 11.2 Å². The maximum Gasteiger partial charge on any atom is 0.250 e. The fourth-order valence-electron chi connectivity index (χ4n) is 4.11. The summed E-state index contributed by atoms with van der Waals surface area (Å²) < 4.78 is 0. The van der Waals surface area contributed by atoms with E-state index in [2.05, 4.69) is 66.8 Å². The Balaban J connectivity index is 0.000000281. The zero-order valence-electron chi connectivity index (χ0n) is 23.9. The molecule has 37 heavy (non-hydrogen) atoms. The van der Waals surface area contributed by atoms with E-state index in [0.717, 1.165) is 30.5 Å². The largest absolute Gasteiger partial charge is 0.366 e. The van der Waals surface area contributed by atoms with Crippen LogP contribution in [0.1, 0.15) is 84.4 Å². The van der Waals surface area contributed by atoms with Crippen molar-refractivity contribution in [3.63, 3.8) is 0 Å². The first-order chi connectivity index (χ1) is 17.6. The Morgan fingerprint density at radius 2 is 1.70 bits per heavy atom. The van der Waals surface area contributed by atoms with E-state index in [9.17, 15) is 9.59 Å². The minimum atomic E-state index is -0.414. The fraction of sp³-hybridized carbons (Fsp3) is 0.516. The molecule has 3 N–H and O–H groups in total. The number of hydrogen-bond donors (Lipinski definition) is 2. The van der Waals surface area contributed by atoms with Crippen molar-refractivity contribution in [3.8, 4) is 0 Å². The Bertz CT molecular complexity index is 979. The lowest BCUT2D eigenvalue weighted by Crippen LogP contribution is -2.32. The number of carbonyl (C=O) groups is 2. The van der Waals surface area contributed by atoms with E-state index in [4.69, 9.17) is 5.73 Å². The fourth-order valence-corrected chi connectivity index (χ4v) is 4.11. The highest BCUT2D eigenvalue weighted by Crippen LogP contribution is 2.11. The number of nitrogens with one attached hydrogen (secondary N) is 1. The molecule has 2 heterocycles. The van der Waals surface area contributed by atoms with Gasteiger partial charge in [0.1, 0.15) is 0 Å². The molecular formula is C31H48N4O2. The predicted molar refractivity (Wildman–Crippen MR) is 155 cm³/mol. The van der Waals surface area contributed by atoms with Crippen molar-refractivity contribution in [2.24, 2.45) is 5.73 Å². The molecule has 1 aromatic heterocycles. The molecule has 1 fully saturated rings. The van der Waals surface area contributed by atoms with Gasteiger partial charge in [-0.15, -0.1) is 0 Å². The first-order valence-electron chi connectivity index (χ1n) is 13.6. The quantitative estimate of drug-likeness (QED) is 0.431. The van der Waals surface area contributed by atoms with Crippen molar-refractivity contribution in [1.82, 2.24) is 15.2 Å². The van der Waals surface area contributed by atoms with Gasteiger partial charge < -0.3 is 16.0 Å². The average Bonchev–Trinajstić information content (AvgIpc) is 3.40. The third-order valence-corrected chi connectivity index (χ3v) is 6.62. The van der Waals surface area contributed by atoms with Gasteiger partial charge in [0, 0.05) is 18.3 Å². The van der Waals surface area contributed by atoms with E-state index < -0.39 is 5.91 Å². The molecule has 0 spiro atoms. The van der Waals surface area contributed by atoms with Crippen LogP contribution in [0.15, 0.2) is 43.0 Å². The Kier molecular flexibility index (Phi) is 15.1. The number of primary amides is 1. The number of carbonyl (C=O) groups excluding carboxylic acids is 2. The number of benzene rings is 1. The van der Waals surface area contributed by atoms with Crippen molar-refractivity contribution in [3.05, 3.63) is 76.6 Å². The number of pyridine rings is 1. The molecule has 1 atom stereocenters. The third-order valence-electron chi connectivity index (χ3n) is 6.62. The lowest BCUT2D eigenvalue weighted by Gasteiger charge is -2.13. The Labute approximate surface area is 224 Å². The second-order valence-electron chi connectivity index (χ2n) is 9.78. The standard InChI is InChI=1S/C13H19N.C9H12N2O.C9H17NO/c1-12-4-6-13(7-5-12)8-11-14-9-2-3-10-14;1-5-4-8(9(10)12)7(3)11-6(5)2;1-4-7-8(5-2)10-9(11)6-3/h4-7H,2-3,8-11H2,1H3;4H,1-3H3,(H2,10,12);6,8H,3-5,7H2,1-2H3,(H,10,11). The maximum absolute atomic E-state index is 10.9. The monoisotopic (exact) mass is 508 g/mol. The van der Waals surface area contributed by atoms with Gasteiger partial charge in [0.2, 0.25) is 5.91 Å². The number of aryl methyl sites for hydroxylation is 4. The van der Waals surface area contributed by atoms with E-state index in [1.165, 1.54) is 56.1 Å². The van der Waals surface area contributed by atoms with Crippen LogP contribution >= 0.6 is 0 Å². The van der Waals surface area contributed by atoms with Gasteiger partial charge >= 0.3 is 0 Å². The average molecular weight is 509 g/mol. The van der Waals surface area contributed by atoms with Crippen molar-refractivity contribution >= 4 is 11.8 Å². The lowest BCUT2D eigenvalue weighted by atomic mass is 10.1. The summed E-state index contributed by atoms with van der Waals surface area (Å²) in [7, 11) is 0. The van der Waals surface area contributed by atoms with E-state index in [0.29, 0.717) is 17.3 Å². The first-order valence-corrected chi connectivity index (χ1v) is 13.6. The van der Waals surface area contributed by atoms with Crippen LogP contribution < -0.4 is 11.1 Å². The van der Waals surface area contributed by atoms with E-state index in [1.54, 1.807) is 13.0 Å². The number of likely N-dealkylation sites (tertiary alicyclic amines) is 1. The normalized spacial score (nSPS) is 13.5. The predicted octanol–water partition coefficient (Wildman–Crippen LogP) is 5.61. The van der Waals surface area contributed by atoms with E-state index >= 15 is 0 Å².